The Balaban J connectivity index is 1.37. The molecular formula is C35H39N3O7S. The first-order chi connectivity index (χ1) is 22.2. The molecule has 2 unspecified atom stereocenters. The van der Waals surface area contributed by atoms with Crippen molar-refractivity contribution in [3.05, 3.63) is 95.1 Å². The number of benzene rings is 3. The van der Waals surface area contributed by atoms with E-state index in [2.05, 4.69) is 6.08 Å². The van der Waals surface area contributed by atoms with Crippen LogP contribution in [0.25, 0.3) is 6.08 Å². The minimum Gasteiger partial charge on any atom is -0.497 e. The molecule has 3 aromatic carbocycles. The second-order valence-corrected chi connectivity index (χ2v) is 13.0. The summed E-state index contributed by atoms with van der Waals surface area (Å²) in [6, 6.07) is 20.5. The van der Waals surface area contributed by atoms with E-state index in [0.717, 1.165) is 47.4 Å². The smallest absolute Gasteiger partial charge is 0.338 e. The van der Waals surface area contributed by atoms with Gasteiger partial charge in [0.1, 0.15) is 11.5 Å². The van der Waals surface area contributed by atoms with Crippen LogP contribution in [-0.2, 0) is 19.6 Å². The van der Waals surface area contributed by atoms with Crippen LogP contribution in [-0.4, -0.2) is 69.2 Å². The summed E-state index contributed by atoms with van der Waals surface area (Å²) >= 11 is 0. The number of hydrogen-bond acceptors (Lipinski definition) is 8. The molecule has 0 N–H and O–H groups in total. The Hall–Kier alpha value is -4.48. The van der Waals surface area contributed by atoms with Gasteiger partial charge in [-0.15, -0.1) is 0 Å². The number of amides is 1. The topological polar surface area (TPSA) is 115 Å². The maximum absolute atomic E-state index is 13.7. The van der Waals surface area contributed by atoms with Gasteiger partial charge in [0.15, 0.2) is 6.61 Å². The first-order valence-corrected chi connectivity index (χ1v) is 16.8. The number of fused-ring (bicyclic) bond motifs is 1. The Labute approximate surface area is 270 Å². The molecule has 46 heavy (non-hydrogen) atoms. The van der Waals surface area contributed by atoms with Crippen molar-refractivity contribution in [3.8, 4) is 11.5 Å². The van der Waals surface area contributed by atoms with Crippen LogP contribution < -0.4 is 9.47 Å². The zero-order chi connectivity index (χ0) is 32.8. The van der Waals surface area contributed by atoms with Gasteiger partial charge in [0.2, 0.25) is 10.0 Å². The Kier molecular flexibility index (Phi) is 10.2. The van der Waals surface area contributed by atoms with Gasteiger partial charge in [-0.05, 0) is 90.6 Å². The monoisotopic (exact) mass is 645 g/mol. The molecule has 0 bridgehead atoms. The van der Waals surface area contributed by atoms with Gasteiger partial charge >= 0.3 is 5.97 Å². The molecule has 0 saturated heterocycles. The molecular weight excluding hydrogens is 606 g/mol. The Bertz CT molecular complexity index is 1710. The molecule has 0 aromatic heterocycles. The van der Waals surface area contributed by atoms with Gasteiger partial charge in [-0.3, -0.25) is 4.79 Å². The molecule has 1 fully saturated rings. The first kappa shape index (κ1) is 32.9. The summed E-state index contributed by atoms with van der Waals surface area (Å²) in [4.78, 5) is 26.7. The third-order valence-corrected chi connectivity index (χ3v) is 10.5. The second kappa shape index (κ2) is 14.3. The summed E-state index contributed by atoms with van der Waals surface area (Å²) in [7, 11) is -0.436. The van der Waals surface area contributed by atoms with Crippen LogP contribution in [0.4, 0.5) is 0 Å². The largest absolute Gasteiger partial charge is 0.497 e. The molecule has 1 amide bonds. The maximum Gasteiger partial charge on any atom is 0.338 e. The van der Waals surface area contributed by atoms with Crippen molar-refractivity contribution in [3.63, 3.8) is 0 Å². The Morgan fingerprint density at radius 2 is 1.52 bits per heavy atom. The van der Waals surface area contributed by atoms with Gasteiger partial charge in [0.25, 0.3) is 5.91 Å². The average molecular weight is 646 g/mol. The van der Waals surface area contributed by atoms with E-state index >= 15 is 0 Å². The van der Waals surface area contributed by atoms with Gasteiger partial charge in [-0.25, -0.2) is 18.2 Å². The molecule has 0 radical (unpaired) electrons. The molecule has 2 aliphatic rings. The third-order valence-electron chi connectivity index (χ3n) is 8.43. The lowest BCUT2D eigenvalue weighted by Gasteiger charge is -2.29. The summed E-state index contributed by atoms with van der Waals surface area (Å²) in [5.74, 6) is 0.250. The molecule has 3 aromatic rings. The highest BCUT2D eigenvalue weighted by atomic mass is 32.2. The highest BCUT2D eigenvalue weighted by Gasteiger charge is 2.44. The summed E-state index contributed by atoms with van der Waals surface area (Å²) in [5.41, 5.74) is 3.97. The van der Waals surface area contributed by atoms with Crippen LogP contribution in [0.5, 0.6) is 11.5 Å². The normalized spacial score (nSPS) is 18.7. The lowest BCUT2D eigenvalue weighted by molar-refractivity contribution is -0.137. The number of carbonyl (C=O) groups excluding carboxylic acids is 2. The zero-order valence-electron chi connectivity index (χ0n) is 26.5. The predicted molar refractivity (Wildman–Crippen MR) is 175 cm³/mol. The SMILES string of the molecule is CCN(CC)S(=O)(=O)c1ccc(C(=O)OCC(=O)N2N=C3C(=Cc4ccc(OC)cc4)CCCC3C2c2ccc(OC)cc2)cc1. The van der Waals surface area contributed by atoms with E-state index in [1.54, 1.807) is 28.1 Å². The van der Waals surface area contributed by atoms with Crippen molar-refractivity contribution in [1.29, 1.82) is 0 Å². The van der Waals surface area contributed by atoms with Crippen LogP contribution >= 0.6 is 0 Å². The fraction of sp³-hybridized carbons (Fsp3) is 0.343. The molecule has 11 heteroatoms. The van der Waals surface area contributed by atoms with Crippen LogP contribution in [0.2, 0.25) is 0 Å². The average Bonchev–Trinajstić information content (AvgIpc) is 3.48. The lowest BCUT2D eigenvalue weighted by Crippen LogP contribution is -2.34. The highest BCUT2D eigenvalue weighted by Crippen LogP contribution is 2.44. The summed E-state index contributed by atoms with van der Waals surface area (Å²) < 4.78 is 43.0. The van der Waals surface area contributed by atoms with E-state index in [4.69, 9.17) is 19.3 Å². The number of hydrazone groups is 1. The van der Waals surface area contributed by atoms with Crippen molar-refractivity contribution in [1.82, 2.24) is 9.31 Å². The second-order valence-electron chi connectivity index (χ2n) is 11.1. The van der Waals surface area contributed by atoms with Crippen LogP contribution in [0.15, 0.2) is 88.4 Å². The molecule has 242 valence electrons. The molecule has 2 atom stereocenters. The molecule has 1 heterocycles. The maximum atomic E-state index is 13.7. The molecule has 1 aliphatic heterocycles. The van der Waals surface area contributed by atoms with Crippen LogP contribution in [0.1, 0.15) is 60.6 Å². The number of hydrogen-bond donors (Lipinski definition) is 0. The number of nitrogens with zero attached hydrogens (tertiary/aromatic N) is 3. The van der Waals surface area contributed by atoms with Gasteiger partial charge in [-0.2, -0.15) is 9.41 Å². The number of esters is 1. The van der Waals surface area contributed by atoms with Crippen molar-refractivity contribution in [2.45, 2.75) is 44.0 Å². The van der Waals surface area contributed by atoms with Gasteiger partial charge < -0.3 is 14.2 Å². The van der Waals surface area contributed by atoms with E-state index in [1.807, 2.05) is 48.5 Å². The quantitative estimate of drug-likeness (QED) is 0.245. The van der Waals surface area contributed by atoms with Gasteiger partial charge in [0.05, 0.1) is 36.4 Å². The van der Waals surface area contributed by atoms with Gasteiger partial charge in [-0.1, -0.05) is 38.1 Å². The number of carbonyl (C=O) groups is 2. The molecule has 10 nitrogen and oxygen atoms in total. The number of methoxy groups -OCH3 is 2. The Morgan fingerprint density at radius 1 is 0.913 bits per heavy atom. The van der Waals surface area contributed by atoms with E-state index < -0.39 is 28.5 Å². The molecule has 1 aliphatic carbocycles. The lowest BCUT2D eigenvalue weighted by atomic mass is 9.77. The summed E-state index contributed by atoms with van der Waals surface area (Å²) in [5, 5.41) is 6.30. The van der Waals surface area contributed by atoms with E-state index in [9.17, 15) is 18.0 Å². The zero-order valence-corrected chi connectivity index (χ0v) is 27.3. The van der Waals surface area contributed by atoms with Crippen LogP contribution in [0, 0.1) is 5.92 Å². The predicted octanol–water partition coefficient (Wildman–Crippen LogP) is 5.71. The van der Waals surface area contributed by atoms with Crippen molar-refractivity contribution >= 4 is 33.7 Å². The Morgan fingerprint density at radius 3 is 2.11 bits per heavy atom. The first-order valence-electron chi connectivity index (χ1n) is 15.4. The standard InChI is InChI=1S/C35H39N3O7S/c1-5-37(6-2)46(41,42)30-20-14-26(15-21-30)35(40)45-23-32(39)38-34(25-12-18-29(44-4)19-13-25)31-9-7-8-27(33(31)36-38)22-24-10-16-28(43-3)17-11-24/h10-22,31,34H,5-9,23H2,1-4H3. The van der Waals surface area contributed by atoms with Crippen molar-refractivity contribution in [2.75, 3.05) is 33.9 Å². The molecule has 0 spiro atoms. The van der Waals surface area contributed by atoms with Gasteiger partial charge in [0, 0.05) is 19.0 Å². The van der Waals surface area contributed by atoms with Crippen molar-refractivity contribution < 1.29 is 32.2 Å². The van der Waals surface area contributed by atoms with E-state index in [-0.39, 0.29) is 22.4 Å². The minimum atomic E-state index is -3.67. The summed E-state index contributed by atoms with van der Waals surface area (Å²) in [6.07, 6.45) is 4.72. The third kappa shape index (κ3) is 6.85. The fourth-order valence-electron chi connectivity index (χ4n) is 6.00. The van der Waals surface area contributed by atoms with E-state index in [0.29, 0.717) is 18.8 Å². The number of ether oxygens (including phenoxy) is 3. The highest BCUT2D eigenvalue weighted by molar-refractivity contribution is 7.89. The number of sulfonamides is 1. The van der Waals surface area contributed by atoms with Crippen LogP contribution in [0.3, 0.4) is 0 Å². The molecule has 1 saturated carbocycles. The van der Waals surface area contributed by atoms with E-state index in [1.165, 1.54) is 33.6 Å². The van der Waals surface area contributed by atoms with Crippen molar-refractivity contribution in [2.24, 2.45) is 11.0 Å². The number of allylic oxidation sites excluding steroid dienone is 1. The number of rotatable bonds is 11. The fourth-order valence-corrected chi connectivity index (χ4v) is 7.45. The molecule has 5 rings (SSSR count). The minimum absolute atomic E-state index is 0.0356. The summed E-state index contributed by atoms with van der Waals surface area (Å²) in [6.45, 7) is 3.68.